The van der Waals surface area contributed by atoms with Crippen LogP contribution in [-0.2, 0) is 0 Å². The summed E-state index contributed by atoms with van der Waals surface area (Å²) in [7, 11) is 3.11. The molecule has 0 radical (unpaired) electrons. The fourth-order valence-electron chi connectivity index (χ4n) is 2.01. The van der Waals surface area contributed by atoms with Crippen LogP contribution in [0.15, 0.2) is 54.6 Å². The predicted molar refractivity (Wildman–Crippen MR) is 94.3 cm³/mol. The zero-order chi connectivity index (χ0) is 17.5. The van der Waals surface area contributed by atoms with Gasteiger partial charge in [-0.2, -0.15) is 0 Å². The van der Waals surface area contributed by atoms with Gasteiger partial charge in [-0.05, 0) is 48.9 Å². The third-order valence-electron chi connectivity index (χ3n) is 3.26. The van der Waals surface area contributed by atoms with Gasteiger partial charge in [-0.15, -0.1) is 0 Å². The lowest BCUT2D eigenvalue weighted by Crippen LogP contribution is -2.12. The van der Waals surface area contributed by atoms with Crippen LogP contribution in [-0.4, -0.2) is 26.7 Å². The number of carbonyl (C=O) groups excluding carboxylic acids is 1. The van der Waals surface area contributed by atoms with E-state index in [1.165, 1.54) is 7.11 Å². The molecule has 0 aromatic heterocycles. The smallest absolute Gasteiger partial charge is 0.255 e. The maximum atomic E-state index is 12.4. The van der Waals surface area contributed by atoms with Crippen molar-refractivity contribution in [2.45, 2.75) is 6.92 Å². The molecule has 0 unspecified atom stereocenters. The van der Waals surface area contributed by atoms with E-state index < -0.39 is 0 Å². The number of anilines is 1. The topological polar surface area (TPSA) is 56.8 Å². The van der Waals surface area contributed by atoms with Crippen molar-refractivity contribution >= 4 is 11.6 Å². The number of hydrogen-bond acceptors (Lipinski definition) is 4. The van der Waals surface area contributed by atoms with Crippen molar-refractivity contribution in [3.05, 3.63) is 60.2 Å². The Hall–Kier alpha value is -2.95. The molecule has 2 aromatic rings. The second kappa shape index (κ2) is 8.06. The van der Waals surface area contributed by atoms with Gasteiger partial charge in [0.15, 0.2) is 0 Å². The highest BCUT2D eigenvalue weighted by Gasteiger charge is 2.11. The van der Waals surface area contributed by atoms with Crippen molar-refractivity contribution in [1.29, 1.82) is 0 Å². The van der Waals surface area contributed by atoms with Crippen LogP contribution >= 0.6 is 0 Å². The normalized spacial score (nSPS) is 9.96. The predicted octanol–water partition coefficient (Wildman–Crippen LogP) is 3.91. The summed E-state index contributed by atoms with van der Waals surface area (Å²) in [5, 5.41) is 2.82. The number of hydrogen-bond donors (Lipinski definition) is 1. The molecule has 5 nitrogen and oxygen atoms in total. The minimum absolute atomic E-state index is 0.232. The zero-order valence-electron chi connectivity index (χ0n) is 14.1. The average Bonchev–Trinajstić information content (AvgIpc) is 2.60. The van der Waals surface area contributed by atoms with Gasteiger partial charge in [-0.1, -0.05) is 6.58 Å². The summed E-state index contributed by atoms with van der Waals surface area (Å²) in [5.41, 5.74) is 2.03. The van der Waals surface area contributed by atoms with Gasteiger partial charge >= 0.3 is 0 Å². The molecular formula is C19H21NO4. The molecule has 5 heteroatoms. The third kappa shape index (κ3) is 4.52. The Morgan fingerprint density at radius 3 is 2.29 bits per heavy atom. The first-order chi connectivity index (χ1) is 11.5. The van der Waals surface area contributed by atoms with E-state index in [-0.39, 0.29) is 5.91 Å². The summed E-state index contributed by atoms with van der Waals surface area (Å²) in [6, 6.07) is 12.1. The maximum Gasteiger partial charge on any atom is 0.255 e. The van der Waals surface area contributed by atoms with Crippen LogP contribution in [0.2, 0.25) is 0 Å². The fourth-order valence-corrected chi connectivity index (χ4v) is 2.01. The summed E-state index contributed by atoms with van der Waals surface area (Å²) in [6.07, 6.45) is 0. The van der Waals surface area contributed by atoms with E-state index in [1.807, 2.05) is 6.92 Å². The monoisotopic (exact) mass is 327 g/mol. The van der Waals surface area contributed by atoms with Crippen molar-refractivity contribution in [3.63, 3.8) is 0 Å². The molecule has 0 spiro atoms. The third-order valence-corrected chi connectivity index (χ3v) is 3.26. The molecule has 0 aliphatic carbocycles. The van der Waals surface area contributed by atoms with Gasteiger partial charge in [0.1, 0.15) is 23.9 Å². The van der Waals surface area contributed by atoms with E-state index in [1.54, 1.807) is 49.6 Å². The van der Waals surface area contributed by atoms with Gasteiger partial charge in [-0.25, -0.2) is 0 Å². The van der Waals surface area contributed by atoms with Gasteiger partial charge in [0.2, 0.25) is 0 Å². The lowest BCUT2D eigenvalue weighted by molar-refractivity contribution is 0.102. The first-order valence-corrected chi connectivity index (χ1v) is 7.44. The molecule has 2 aromatic carbocycles. The highest BCUT2D eigenvalue weighted by molar-refractivity contribution is 6.05. The molecule has 0 fully saturated rings. The van der Waals surface area contributed by atoms with E-state index >= 15 is 0 Å². The van der Waals surface area contributed by atoms with E-state index in [0.717, 1.165) is 5.57 Å². The Kier molecular flexibility index (Phi) is 5.84. The Bertz CT molecular complexity index is 723. The first kappa shape index (κ1) is 17.4. The Morgan fingerprint density at radius 2 is 1.71 bits per heavy atom. The highest BCUT2D eigenvalue weighted by atomic mass is 16.5. The summed E-state index contributed by atoms with van der Waals surface area (Å²) < 4.78 is 15.9. The SMILES string of the molecule is C=C(C)COc1ccc(C(=O)Nc2ccc(OC)cc2OC)cc1. The van der Waals surface area contributed by atoms with Gasteiger partial charge in [0.25, 0.3) is 5.91 Å². The van der Waals surface area contributed by atoms with Crippen molar-refractivity contribution in [1.82, 2.24) is 0 Å². The lowest BCUT2D eigenvalue weighted by Gasteiger charge is -2.12. The molecular weight excluding hydrogens is 306 g/mol. The van der Waals surface area contributed by atoms with Crippen LogP contribution in [0.1, 0.15) is 17.3 Å². The number of carbonyl (C=O) groups is 1. The van der Waals surface area contributed by atoms with Gasteiger partial charge in [-0.3, -0.25) is 4.79 Å². The van der Waals surface area contributed by atoms with E-state index in [9.17, 15) is 4.79 Å². The molecule has 0 bridgehead atoms. The van der Waals surface area contributed by atoms with Crippen LogP contribution in [0, 0.1) is 0 Å². The zero-order valence-corrected chi connectivity index (χ0v) is 14.1. The van der Waals surface area contributed by atoms with Crippen LogP contribution in [0.5, 0.6) is 17.2 Å². The van der Waals surface area contributed by atoms with Crippen molar-refractivity contribution in [2.24, 2.45) is 0 Å². The second-order valence-electron chi connectivity index (χ2n) is 5.29. The van der Waals surface area contributed by atoms with Gasteiger partial charge in [0.05, 0.1) is 19.9 Å². The minimum atomic E-state index is -0.232. The van der Waals surface area contributed by atoms with E-state index in [4.69, 9.17) is 14.2 Å². The molecule has 1 N–H and O–H groups in total. The first-order valence-electron chi connectivity index (χ1n) is 7.44. The number of ether oxygens (including phenoxy) is 3. The number of nitrogens with one attached hydrogen (secondary N) is 1. The standard InChI is InChI=1S/C19H21NO4/c1-13(2)12-24-15-7-5-14(6-8-15)19(21)20-17-10-9-16(22-3)11-18(17)23-4/h5-11H,1,12H2,2-4H3,(H,20,21). The Morgan fingerprint density at radius 1 is 1.04 bits per heavy atom. The quantitative estimate of drug-likeness (QED) is 0.783. The molecule has 0 aliphatic heterocycles. The van der Waals surface area contributed by atoms with Crippen LogP contribution in [0.3, 0.4) is 0 Å². The highest BCUT2D eigenvalue weighted by Crippen LogP contribution is 2.29. The van der Waals surface area contributed by atoms with Crippen LogP contribution in [0.25, 0.3) is 0 Å². The van der Waals surface area contributed by atoms with Crippen LogP contribution < -0.4 is 19.5 Å². The van der Waals surface area contributed by atoms with Crippen molar-refractivity contribution in [2.75, 3.05) is 26.1 Å². The molecule has 1 amide bonds. The average molecular weight is 327 g/mol. The van der Waals surface area contributed by atoms with Crippen LogP contribution in [0.4, 0.5) is 5.69 Å². The van der Waals surface area contributed by atoms with Crippen molar-refractivity contribution in [3.8, 4) is 17.2 Å². The Labute approximate surface area is 141 Å². The lowest BCUT2D eigenvalue weighted by atomic mass is 10.2. The second-order valence-corrected chi connectivity index (χ2v) is 5.29. The minimum Gasteiger partial charge on any atom is -0.497 e. The number of benzene rings is 2. The Balaban J connectivity index is 2.08. The van der Waals surface area contributed by atoms with Gasteiger partial charge in [0, 0.05) is 11.6 Å². The molecule has 0 atom stereocenters. The summed E-state index contributed by atoms with van der Waals surface area (Å²) in [4.78, 5) is 12.4. The number of methoxy groups -OCH3 is 2. The number of amides is 1. The molecule has 126 valence electrons. The largest absolute Gasteiger partial charge is 0.497 e. The molecule has 0 saturated heterocycles. The summed E-state index contributed by atoms with van der Waals surface area (Å²) in [5.74, 6) is 1.65. The summed E-state index contributed by atoms with van der Waals surface area (Å²) >= 11 is 0. The van der Waals surface area contributed by atoms with E-state index in [0.29, 0.717) is 35.1 Å². The molecule has 0 saturated carbocycles. The fraction of sp³-hybridized carbons (Fsp3) is 0.211. The molecule has 24 heavy (non-hydrogen) atoms. The number of rotatable bonds is 7. The molecule has 0 heterocycles. The summed E-state index contributed by atoms with van der Waals surface area (Å²) in [6.45, 7) is 6.13. The maximum absolute atomic E-state index is 12.4. The molecule has 0 aliphatic rings. The van der Waals surface area contributed by atoms with Gasteiger partial charge < -0.3 is 19.5 Å². The van der Waals surface area contributed by atoms with Crippen molar-refractivity contribution < 1.29 is 19.0 Å². The molecule has 2 rings (SSSR count). The van der Waals surface area contributed by atoms with E-state index in [2.05, 4.69) is 11.9 Å².